The van der Waals surface area contributed by atoms with Crippen LogP contribution in [0.4, 0.5) is 49.6 Å². The van der Waals surface area contributed by atoms with Gasteiger partial charge in [-0.25, -0.2) is 14.0 Å². The number of alkyl halides is 9. The largest absolute Gasteiger partial charge is 0.490 e. The molecule has 2 aliphatic heterocycles. The molecule has 0 unspecified atom stereocenters. The summed E-state index contributed by atoms with van der Waals surface area (Å²) in [5.41, 5.74) is 1.23. The molecule has 1 amide bonds. The normalized spacial score (nSPS) is 15.2. The fourth-order valence-corrected chi connectivity index (χ4v) is 3.99. The highest BCUT2D eigenvalue weighted by molar-refractivity contribution is 6.04. The van der Waals surface area contributed by atoms with Crippen molar-refractivity contribution in [3.8, 4) is 0 Å². The first-order valence-electron chi connectivity index (χ1n) is 12.9. The first-order chi connectivity index (χ1) is 21.2. The number of nitrogens with one attached hydrogen (secondary N) is 3. The van der Waals surface area contributed by atoms with Crippen molar-refractivity contribution in [3.63, 3.8) is 0 Å². The highest BCUT2D eigenvalue weighted by Crippen LogP contribution is 2.37. The molecule has 5 N–H and O–H groups in total. The number of amides is 1. The van der Waals surface area contributed by atoms with Crippen molar-refractivity contribution in [2.75, 3.05) is 31.5 Å². The molecule has 18 heteroatoms. The van der Waals surface area contributed by atoms with Crippen LogP contribution in [0.2, 0.25) is 0 Å². The summed E-state index contributed by atoms with van der Waals surface area (Å²) in [6.07, 6.45) is -9.95. The predicted octanol–water partition coefficient (Wildman–Crippen LogP) is 6.12. The maximum absolute atomic E-state index is 14.6. The summed E-state index contributed by atoms with van der Waals surface area (Å²) >= 11 is 0. The summed E-state index contributed by atoms with van der Waals surface area (Å²) in [5.74, 6) is -6.73. The standard InChI is InChI=1S/C24H23F4N3O.2C2HF3O2/c25-22-14-18(2-4-20(22)16-7-11-30-12-8-16)31-23(32)17-1-3-19(15-5-9-29-10-6-15)21(13-17)24(26,27)28;2*3-2(4,5)1(6)7/h1-5,7,13-14,29-30H,6,8-12H2,(H,31,32);2*(H,6,7). The number of anilines is 1. The minimum absolute atomic E-state index is 0.0844. The lowest BCUT2D eigenvalue weighted by Gasteiger charge is -2.20. The van der Waals surface area contributed by atoms with Gasteiger partial charge in [0.1, 0.15) is 5.82 Å². The van der Waals surface area contributed by atoms with E-state index >= 15 is 0 Å². The second-order valence-corrected chi connectivity index (χ2v) is 9.38. The number of carboxylic acids is 2. The van der Waals surface area contributed by atoms with Gasteiger partial charge in [0.05, 0.1) is 5.56 Å². The third-order valence-electron chi connectivity index (χ3n) is 6.12. The summed E-state index contributed by atoms with van der Waals surface area (Å²) in [7, 11) is 0. The molecule has 0 aromatic heterocycles. The lowest BCUT2D eigenvalue weighted by Crippen LogP contribution is -2.21. The van der Waals surface area contributed by atoms with Crippen LogP contribution < -0.4 is 16.0 Å². The van der Waals surface area contributed by atoms with Crippen molar-refractivity contribution in [2.24, 2.45) is 0 Å². The number of benzene rings is 2. The molecule has 2 aromatic rings. The van der Waals surface area contributed by atoms with E-state index < -0.39 is 47.8 Å². The first kappa shape index (κ1) is 37.7. The number of carboxylic acid groups (broad SMARTS) is 2. The molecule has 0 fully saturated rings. The van der Waals surface area contributed by atoms with Gasteiger partial charge >= 0.3 is 30.5 Å². The fourth-order valence-electron chi connectivity index (χ4n) is 3.99. The van der Waals surface area contributed by atoms with Gasteiger partial charge in [0, 0.05) is 29.9 Å². The molecule has 2 aromatic carbocycles. The number of halogens is 10. The van der Waals surface area contributed by atoms with Gasteiger partial charge in [-0.2, -0.15) is 39.5 Å². The topological polar surface area (TPSA) is 128 Å². The van der Waals surface area contributed by atoms with Gasteiger partial charge in [0.2, 0.25) is 0 Å². The minimum Gasteiger partial charge on any atom is -0.475 e. The van der Waals surface area contributed by atoms with Gasteiger partial charge in [-0.05, 0) is 73.0 Å². The van der Waals surface area contributed by atoms with Gasteiger partial charge in [0.25, 0.3) is 5.91 Å². The summed E-state index contributed by atoms with van der Waals surface area (Å²) < 4.78 is 119. The molecule has 0 saturated carbocycles. The van der Waals surface area contributed by atoms with E-state index in [2.05, 4.69) is 16.0 Å². The van der Waals surface area contributed by atoms with E-state index in [4.69, 9.17) is 19.8 Å². The molecule has 0 aliphatic carbocycles. The van der Waals surface area contributed by atoms with Crippen LogP contribution in [0.1, 0.15) is 39.9 Å². The van der Waals surface area contributed by atoms with Crippen LogP contribution in [0, 0.1) is 5.82 Å². The zero-order chi connectivity index (χ0) is 34.9. The second-order valence-electron chi connectivity index (χ2n) is 9.38. The number of carbonyl (C=O) groups is 3. The minimum atomic E-state index is -5.08. The molecule has 0 atom stereocenters. The summed E-state index contributed by atoms with van der Waals surface area (Å²) in [6, 6.07) is 7.89. The zero-order valence-electron chi connectivity index (χ0n) is 23.3. The van der Waals surface area contributed by atoms with Crippen LogP contribution in [0.5, 0.6) is 0 Å². The SMILES string of the molecule is O=C(Nc1ccc(C2=CCNCC2)c(F)c1)c1ccc(C2=CCNCC2)c(C(F)(F)F)c1.O=C(O)C(F)(F)F.O=C(O)C(F)(F)F. The van der Waals surface area contributed by atoms with E-state index in [-0.39, 0.29) is 16.8 Å². The third-order valence-corrected chi connectivity index (χ3v) is 6.12. The Hall–Kier alpha value is -4.45. The zero-order valence-corrected chi connectivity index (χ0v) is 23.3. The molecule has 2 aliphatic rings. The maximum atomic E-state index is 14.6. The van der Waals surface area contributed by atoms with Gasteiger partial charge in [0.15, 0.2) is 0 Å². The van der Waals surface area contributed by atoms with E-state index in [9.17, 15) is 48.7 Å². The highest BCUT2D eigenvalue weighted by Gasteiger charge is 2.39. The van der Waals surface area contributed by atoms with Gasteiger partial charge in [-0.1, -0.05) is 18.2 Å². The molecule has 0 saturated heterocycles. The fraction of sp³-hybridized carbons (Fsp3) is 0.321. The summed E-state index contributed by atoms with van der Waals surface area (Å²) in [6.45, 7) is 2.52. The number of carbonyl (C=O) groups excluding carboxylic acids is 1. The lowest BCUT2D eigenvalue weighted by atomic mass is 9.93. The summed E-state index contributed by atoms with van der Waals surface area (Å²) in [5, 5.41) is 23.0. The molecule has 0 bridgehead atoms. The third kappa shape index (κ3) is 11.5. The number of hydrogen-bond acceptors (Lipinski definition) is 5. The van der Waals surface area contributed by atoms with Crippen molar-refractivity contribution in [3.05, 3.63) is 76.6 Å². The molecule has 252 valence electrons. The van der Waals surface area contributed by atoms with Crippen LogP contribution in [0.15, 0.2) is 48.6 Å². The monoisotopic (exact) mass is 673 g/mol. The first-order valence-corrected chi connectivity index (χ1v) is 12.9. The Labute approximate surface area is 253 Å². The molecule has 2 heterocycles. The van der Waals surface area contributed by atoms with E-state index in [1.807, 2.05) is 6.08 Å². The second kappa shape index (κ2) is 15.7. The van der Waals surface area contributed by atoms with Gasteiger partial charge < -0.3 is 26.2 Å². The lowest BCUT2D eigenvalue weighted by molar-refractivity contribution is -0.193. The highest BCUT2D eigenvalue weighted by atomic mass is 19.4. The average molecular weight is 674 g/mol. The Morgan fingerprint density at radius 2 is 1.15 bits per heavy atom. The van der Waals surface area contributed by atoms with Crippen molar-refractivity contribution in [2.45, 2.75) is 31.4 Å². The smallest absolute Gasteiger partial charge is 0.475 e. The quantitative estimate of drug-likeness (QED) is 0.248. The molecule has 46 heavy (non-hydrogen) atoms. The molecular formula is C28H25F10N3O5. The molecule has 4 rings (SSSR count). The van der Waals surface area contributed by atoms with Crippen molar-refractivity contribution in [1.82, 2.24) is 10.6 Å². The Morgan fingerprint density at radius 1 is 0.696 bits per heavy atom. The number of rotatable bonds is 4. The Kier molecular flexibility index (Phi) is 12.9. The Morgan fingerprint density at radius 3 is 1.54 bits per heavy atom. The molecule has 8 nitrogen and oxygen atoms in total. The Balaban J connectivity index is 0.000000440. The van der Waals surface area contributed by atoms with Crippen LogP contribution in [0.3, 0.4) is 0 Å². The molecular weight excluding hydrogens is 648 g/mol. The molecule has 0 spiro atoms. The van der Waals surface area contributed by atoms with Crippen LogP contribution >= 0.6 is 0 Å². The summed E-state index contributed by atoms with van der Waals surface area (Å²) in [4.78, 5) is 30.4. The van der Waals surface area contributed by atoms with Crippen LogP contribution in [0.25, 0.3) is 11.1 Å². The number of hydrogen-bond donors (Lipinski definition) is 5. The van der Waals surface area contributed by atoms with Crippen molar-refractivity contribution < 1.29 is 68.5 Å². The Bertz CT molecular complexity index is 1460. The van der Waals surface area contributed by atoms with E-state index in [1.165, 1.54) is 18.2 Å². The average Bonchev–Trinajstić information content (AvgIpc) is 2.97. The molecule has 0 radical (unpaired) electrons. The van der Waals surface area contributed by atoms with E-state index in [0.29, 0.717) is 43.6 Å². The maximum Gasteiger partial charge on any atom is 0.490 e. The predicted molar refractivity (Wildman–Crippen MR) is 144 cm³/mol. The van der Waals surface area contributed by atoms with Crippen LogP contribution in [-0.4, -0.2) is 66.6 Å². The van der Waals surface area contributed by atoms with E-state index in [0.717, 1.165) is 18.2 Å². The van der Waals surface area contributed by atoms with Crippen molar-refractivity contribution >= 4 is 34.7 Å². The van der Waals surface area contributed by atoms with Gasteiger partial charge in [-0.3, -0.25) is 4.79 Å². The van der Waals surface area contributed by atoms with Crippen LogP contribution in [-0.2, 0) is 15.8 Å². The van der Waals surface area contributed by atoms with E-state index in [1.54, 1.807) is 18.2 Å². The van der Waals surface area contributed by atoms with Crippen molar-refractivity contribution in [1.29, 1.82) is 0 Å². The van der Waals surface area contributed by atoms with Gasteiger partial charge in [-0.15, -0.1) is 0 Å². The number of aliphatic carboxylic acids is 2.